The molecule has 6 rings (SSSR count). The predicted molar refractivity (Wildman–Crippen MR) is 138 cm³/mol. The highest BCUT2D eigenvalue weighted by Gasteiger charge is 2.51. The second-order valence-electron chi connectivity index (χ2n) is 9.56. The average Bonchev–Trinajstić information content (AvgIpc) is 3.37. The van der Waals surface area contributed by atoms with Crippen molar-refractivity contribution in [3.8, 4) is 22.3 Å². The molecular weight excluding hydrogens is 514 g/mol. The van der Waals surface area contributed by atoms with E-state index in [1.54, 1.807) is 6.07 Å². The van der Waals surface area contributed by atoms with E-state index in [1.165, 1.54) is 0 Å². The van der Waals surface area contributed by atoms with Crippen LogP contribution in [0, 0.1) is 0 Å². The molecule has 4 aromatic rings. The molecule has 0 radical (unpaired) electrons. The first-order chi connectivity index (χ1) is 18.5. The molecule has 0 bridgehead atoms. The zero-order valence-corrected chi connectivity index (χ0v) is 20.2. The third-order valence-corrected chi connectivity index (χ3v) is 7.40. The van der Waals surface area contributed by atoms with Gasteiger partial charge in [-0.3, -0.25) is 4.99 Å². The zero-order chi connectivity index (χ0) is 27.6. The van der Waals surface area contributed by atoms with E-state index in [2.05, 4.69) is 35.3 Å². The number of fused-ring (bicyclic) bond motifs is 10. The largest absolute Gasteiger partial charge is 0.432 e. The van der Waals surface area contributed by atoms with Gasteiger partial charge in [-0.05, 0) is 56.1 Å². The zero-order valence-electron chi connectivity index (χ0n) is 20.2. The van der Waals surface area contributed by atoms with Crippen LogP contribution in [0.2, 0.25) is 0 Å². The van der Waals surface area contributed by atoms with Crippen molar-refractivity contribution in [3.05, 3.63) is 131 Å². The molecule has 0 saturated heterocycles. The lowest BCUT2D eigenvalue weighted by atomic mass is 9.70. The molecule has 8 heteroatoms. The smallest absolute Gasteiger partial charge is 0.395 e. The summed E-state index contributed by atoms with van der Waals surface area (Å²) >= 11 is 0. The van der Waals surface area contributed by atoms with Gasteiger partial charge in [0.2, 0.25) is 0 Å². The van der Waals surface area contributed by atoms with Crippen LogP contribution in [-0.2, 0) is 12.0 Å². The SMILES string of the molecule is N/C(=C\C(=N/Cc1ccc2c(c1)C1(c3ccccc3-c3ccccc31)c1ccccc1-2)C(F)(F)F)C(F)(F)F. The number of nitrogens with zero attached hydrogens (tertiary/aromatic N) is 1. The summed E-state index contributed by atoms with van der Waals surface area (Å²) in [6.45, 7) is -0.473. The number of hydrogen-bond donors (Lipinski definition) is 1. The summed E-state index contributed by atoms with van der Waals surface area (Å²) in [5.41, 5.74) is 9.27. The highest BCUT2D eigenvalue weighted by molar-refractivity contribution is 6.00. The van der Waals surface area contributed by atoms with E-state index in [0.717, 1.165) is 44.5 Å². The first-order valence-electron chi connectivity index (χ1n) is 12.1. The fourth-order valence-corrected chi connectivity index (χ4v) is 5.86. The molecular formula is C31H20F6N2. The molecule has 1 spiro atoms. The monoisotopic (exact) mass is 534 g/mol. The number of halogens is 6. The van der Waals surface area contributed by atoms with Crippen molar-refractivity contribution in [3.63, 3.8) is 0 Å². The molecule has 0 fully saturated rings. The Labute approximate surface area is 220 Å². The van der Waals surface area contributed by atoms with Gasteiger partial charge in [0.05, 0.1) is 12.0 Å². The summed E-state index contributed by atoms with van der Waals surface area (Å²) in [6.07, 6.45) is -10.4. The van der Waals surface area contributed by atoms with Gasteiger partial charge in [0.1, 0.15) is 11.4 Å². The highest BCUT2D eigenvalue weighted by Crippen LogP contribution is 2.62. The first kappa shape index (κ1) is 25.0. The Morgan fingerprint density at radius 1 is 0.641 bits per heavy atom. The lowest BCUT2D eigenvalue weighted by Crippen LogP contribution is -2.27. The fourth-order valence-electron chi connectivity index (χ4n) is 5.86. The lowest BCUT2D eigenvalue weighted by Gasteiger charge is -2.30. The summed E-state index contributed by atoms with van der Waals surface area (Å²) in [5, 5.41) is 0. The van der Waals surface area contributed by atoms with Crippen LogP contribution in [0.5, 0.6) is 0 Å². The van der Waals surface area contributed by atoms with Gasteiger partial charge in [-0.2, -0.15) is 26.3 Å². The Hall–Kier alpha value is -4.33. The summed E-state index contributed by atoms with van der Waals surface area (Å²) in [5.74, 6) is 0. The van der Waals surface area contributed by atoms with E-state index in [4.69, 9.17) is 5.73 Å². The van der Waals surface area contributed by atoms with Crippen LogP contribution in [0.15, 0.2) is 108 Å². The molecule has 0 amide bonds. The van der Waals surface area contributed by atoms with Gasteiger partial charge in [0.15, 0.2) is 0 Å². The Morgan fingerprint density at radius 3 is 1.56 bits per heavy atom. The van der Waals surface area contributed by atoms with Crippen LogP contribution in [0.1, 0.15) is 27.8 Å². The molecule has 0 saturated carbocycles. The van der Waals surface area contributed by atoms with Crippen molar-refractivity contribution in [2.75, 3.05) is 0 Å². The van der Waals surface area contributed by atoms with Crippen molar-refractivity contribution in [2.45, 2.75) is 24.3 Å². The minimum absolute atomic E-state index is 0.159. The first-order valence-corrected chi connectivity index (χ1v) is 12.1. The average molecular weight is 535 g/mol. The van der Waals surface area contributed by atoms with Gasteiger partial charge in [0, 0.05) is 0 Å². The maximum atomic E-state index is 13.5. The van der Waals surface area contributed by atoms with E-state index in [-0.39, 0.29) is 6.08 Å². The number of hydrogen-bond acceptors (Lipinski definition) is 2. The molecule has 2 nitrogen and oxygen atoms in total. The summed E-state index contributed by atoms with van der Waals surface area (Å²) in [4.78, 5) is 3.53. The van der Waals surface area contributed by atoms with Gasteiger partial charge in [-0.1, -0.05) is 91.0 Å². The minimum Gasteiger partial charge on any atom is -0.395 e. The van der Waals surface area contributed by atoms with Crippen LogP contribution in [0.25, 0.3) is 22.3 Å². The summed E-state index contributed by atoms with van der Waals surface area (Å²) < 4.78 is 79.1. The van der Waals surface area contributed by atoms with Gasteiger partial charge in [0.25, 0.3) is 0 Å². The molecule has 2 N–H and O–H groups in total. The van der Waals surface area contributed by atoms with E-state index in [0.29, 0.717) is 5.56 Å². The third-order valence-electron chi connectivity index (χ3n) is 7.40. The normalized spacial score (nSPS) is 15.6. The molecule has 0 aliphatic heterocycles. The molecule has 196 valence electrons. The van der Waals surface area contributed by atoms with Crippen molar-refractivity contribution >= 4 is 5.71 Å². The van der Waals surface area contributed by atoms with Crippen molar-refractivity contribution in [2.24, 2.45) is 10.7 Å². The Balaban J connectivity index is 1.54. The molecule has 2 aliphatic carbocycles. The van der Waals surface area contributed by atoms with Gasteiger partial charge in [-0.15, -0.1) is 0 Å². The van der Waals surface area contributed by atoms with Crippen molar-refractivity contribution < 1.29 is 26.3 Å². The Bertz CT molecular complexity index is 1610. The maximum Gasteiger partial charge on any atom is 0.432 e. The number of benzene rings is 4. The predicted octanol–water partition coefficient (Wildman–Crippen LogP) is 7.94. The van der Waals surface area contributed by atoms with E-state index in [9.17, 15) is 26.3 Å². The van der Waals surface area contributed by atoms with E-state index in [1.807, 2.05) is 54.6 Å². The fraction of sp³-hybridized carbons (Fsp3) is 0.129. The molecule has 4 aromatic carbocycles. The van der Waals surface area contributed by atoms with Crippen LogP contribution in [0.4, 0.5) is 26.3 Å². The molecule has 0 heterocycles. The number of aliphatic imine (C=N–C) groups is 1. The highest BCUT2D eigenvalue weighted by atomic mass is 19.4. The standard InChI is InChI=1S/C31H20F6N2/c32-30(33,34)27(38)16-28(31(35,36)37)39-17-18-13-14-22-21-9-3-6-12-25(21)29(26(22)15-18)23-10-4-1-7-19(23)20-8-2-5-11-24(20)29/h1-16H,17,38H2/b27-16-,39-28+. The van der Waals surface area contributed by atoms with Crippen molar-refractivity contribution in [1.82, 2.24) is 0 Å². The summed E-state index contributed by atoms with van der Waals surface area (Å²) in [7, 11) is 0. The van der Waals surface area contributed by atoms with Crippen molar-refractivity contribution in [1.29, 1.82) is 0 Å². The topological polar surface area (TPSA) is 38.4 Å². The third kappa shape index (κ3) is 3.77. The van der Waals surface area contributed by atoms with Crippen LogP contribution < -0.4 is 5.73 Å². The van der Waals surface area contributed by atoms with Gasteiger partial charge in [-0.25, -0.2) is 0 Å². The second-order valence-corrected chi connectivity index (χ2v) is 9.56. The number of rotatable bonds is 3. The maximum absolute atomic E-state index is 13.5. The van der Waals surface area contributed by atoms with Crippen LogP contribution in [-0.4, -0.2) is 18.1 Å². The van der Waals surface area contributed by atoms with E-state index < -0.39 is 35.7 Å². The van der Waals surface area contributed by atoms with Gasteiger partial charge < -0.3 is 5.73 Å². The molecule has 0 unspecified atom stereocenters. The number of allylic oxidation sites excluding steroid dienone is 2. The Kier molecular flexibility index (Phi) is 5.50. The minimum atomic E-state index is -5.10. The van der Waals surface area contributed by atoms with Gasteiger partial charge >= 0.3 is 12.4 Å². The molecule has 2 aliphatic rings. The molecule has 0 atom stereocenters. The lowest BCUT2D eigenvalue weighted by molar-refractivity contribution is -0.0928. The number of nitrogens with two attached hydrogens (primary N) is 1. The van der Waals surface area contributed by atoms with E-state index >= 15 is 0 Å². The van der Waals surface area contributed by atoms with Crippen LogP contribution >= 0.6 is 0 Å². The number of alkyl halides is 6. The molecule has 0 aromatic heterocycles. The van der Waals surface area contributed by atoms with Crippen LogP contribution in [0.3, 0.4) is 0 Å². The quantitative estimate of drug-likeness (QED) is 0.182. The molecule has 39 heavy (non-hydrogen) atoms. The second kappa shape index (κ2) is 8.59. The summed E-state index contributed by atoms with van der Waals surface area (Å²) in [6, 6.07) is 29.5. The Morgan fingerprint density at radius 2 is 1.10 bits per heavy atom.